The van der Waals surface area contributed by atoms with Crippen LogP contribution in [0.4, 0.5) is 0 Å². The lowest BCUT2D eigenvalue weighted by Crippen LogP contribution is -2.60. The molecule has 1 spiro atoms. The summed E-state index contributed by atoms with van der Waals surface area (Å²) in [6, 6.07) is 10.7. The zero-order valence-electron chi connectivity index (χ0n) is 18.9. The Morgan fingerprint density at radius 1 is 1.19 bits per heavy atom. The molecule has 0 unspecified atom stereocenters. The maximum absolute atomic E-state index is 13.2. The molecular weight excluding hydrogens is 388 g/mol. The van der Waals surface area contributed by atoms with E-state index in [9.17, 15) is 9.59 Å². The number of nitrogens with zero attached hydrogens (tertiary/aromatic N) is 1. The molecule has 5 nitrogen and oxygen atoms in total. The molecule has 2 aliphatic carbocycles. The van der Waals surface area contributed by atoms with Gasteiger partial charge in [-0.15, -0.1) is 0 Å². The number of fused-ring (bicyclic) bond motifs is 1. The monoisotopic (exact) mass is 424 g/mol. The van der Waals surface area contributed by atoms with E-state index in [2.05, 4.69) is 49.5 Å². The largest absolute Gasteiger partial charge is 0.373 e. The molecule has 2 heterocycles. The van der Waals surface area contributed by atoms with Gasteiger partial charge in [0.15, 0.2) is 0 Å². The molecule has 0 aromatic heterocycles. The van der Waals surface area contributed by atoms with Crippen LogP contribution in [0.15, 0.2) is 30.3 Å². The molecule has 0 radical (unpaired) electrons. The molecule has 4 fully saturated rings. The van der Waals surface area contributed by atoms with Gasteiger partial charge in [-0.3, -0.25) is 9.59 Å². The second kappa shape index (κ2) is 7.91. The third-order valence-electron chi connectivity index (χ3n) is 8.94. The molecule has 2 aliphatic heterocycles. The third-order valence-corrected chi connectivity index (χ3v) is 8.94. The van der Waals surface area contributed by atoms with Gasteiger partial charge in [0, 0.05) is 25.6 Å². The maximum atomic E-state index is 13.2. The van der Waals surface area contributed by atoms with Gasteiger partial charge in [-0.25, -0.2) is 0 Å². The molecule has 5 heteroatoms. The molecule has 2 saturated heterocycles. The number of benzene rings is 1. The molecule has 2 amide bonds. The van der Waals surface area contributed by atoms with Crippen molar-refractivity contribution in [3.63, 3.8) is 0 Å². The molecule has 2 saturated carbocycles. The van der Waals surface area contributed by atoms with E-state index >= 15 is 0 Å². The first-order valence-electron chi connectivity index (χ1n) is 12.2. The first-order valence-corrected chi connectivity index (χ1v) is 12.2. The molecule has 5 rings (SSSR count). The van der Waals surface area contributed by atoms with Crippen LogP contribution in [-0.2, 0) is 14.3 Å². The molecule has 168 valence electrons. The van der Waals surface area contributed by atoms with Crippen LogP contribution in [0.3, 0.4) is 0 Å². The number of hydrogen-bond acceptors (Lipinski definition) is 3. The van der Waals surface area contributed by atoms with Crippen molar-refractivity contribution in [3.8, 4) is 0 Å². The van der Waals surface area contributed by atoms with Crippen molar-refractivity contribution >= 4 is 11.8 Å². The Bertz CT molecular complexity index is 838. The van der Waals surface area contributed by atoms with E-state index in [0.29, 0.717) is 24.8 Å². The summed E-state index contributed by atoms with van der Waals surface area (Å²) in [5.74, 6) is 1.17. The van der Waals surface area contributed by atoms with Crippen LogP contribution >= 0.6 is 0 Å². The minimum absolute atomic E-state index is 0.0109. The van der Waals surface area contributed by atoms with Gasteiger partial charge in [-0.1, -0.05) is 50.6 Å². The lowest BCUT2D eigenvalue weighted by molar-refractivity contribution is -0.142. The smallest absolute Gasteiger partial charge is 0.239 e. The van der Waals surface area contributed by atoms with Gasteiger partial charge in [0.2, 0.25) is 11.8 Å². The van der Waals surface area contributed by atoms with E-state index in [1.165, 1.54) is 18.4 Å². The van der Waals surface area contributed by atoms with Crippen LogP contribution in [-0.4, -0.2) is 42.5 Å². The second-order valence-electron chi connectivity index (χ2n) is 10.9. The summed E-state index contributed by atoms with van der Waals surface area (Å²) >= 11 is 0. The molecule has 2 bridgehead atoms. The van der Waals surface area contributed by atoms with Crippen molar-refractivity contribution in [1.29, 1.82) is 0 Å². The van der Waals surface area contributed by atoms with E-state index < -0.39 is 0 Å². The van der Waals surface area contributed by atoms with Crippen molar-refractivity contribution in [2.45, 2.75) is 70.9 Å². The van der Waals surface area contributed by atoms with Crippen molar-refractivity contribution in [2.24, 2.45) is 22.7 Å². The van der Waals surface area contributed by atoms with Gasteiger partial charge >= 0.3 is 0 Å². The number of likely N-dealkylation sites (tertiary alicyclic amines) is 1. The first kappa shape index (κ1) is 21.0. The number of amides is 2. The normalized spacial score (nSPS) is 36.7. The number of carbonyl (C=O) groups is 2. The quantitative estimate of drug-likeness (QED) is 0.792. The standard InChI is InChI=1S/C26H36N2O3/c1-25(2)19-15-20-23(18-9-5-3-6-10-18)31-14-12-26(20,16-19)24(25)27-21(29)17-28-13-8-4-7-11-22(28)30/h3,5-6,9-10,19-20,23-24H,4,7-8,11-17H2,1-2H3,(H,27,29)/t19-,20-,23-,24+,26-/m1/s1. The Kier molecular flexibility index (Phi) is 5.36. The predicted molar refractivity (Wildman–Crippen MR) is 119 cm³/mol. The molecule has 1 aromatic rings. The molecule has 31 heavy (non-hydrogen) atoms. The highest BCUT2D eigenvalue weighted by atomic mass is 16.5. The zero-order valence-corrected chi connectivity index (χ0v) is 18.9. The van der Waals surface area contributed by atoms with Gasteiger partial charge in [0.05, 0.1) is 12.6 Å². The predicted octanol–water partition coefficient (Wildman–Crippen LogP) is 4.09. The van der Waals surface area contributed by atoms with Crippen molar-refractivity contribution in [2.75, 3.05) is 19.7 Å². The van der Waals surface area contributed by atoms with Crippen molar-refractivity contribution in [3.05, 3.63) is 35.9 Å². The van der Waals surface area contributed by atoms with Crippen LogP contribution in [0, 0.1) is 22.7 Å². The Morgan fingerprint density at radius 3 is 2.81 bits per heavy atom. The van der Waals surface area contributed by atoms with Crippen molar-refractivity contribution < 1.29 is 14.3 Å². The lowest BCUT2D eigenvalue weighted by atomic mass is 9.59. The van der Waals surface area contributed by atoms with E-state index in [0.717, 1.165) is 32.3 Å². The highest BCUT2D eigenvalue weighted by molar-refractivity contribution is 5.85. The Hall–Kier alpha value is -1.88. The molecule has 1 N–H and O–H groups in total. The molecule has 4 aliphatic rings. The van der Waals surface area contributed by atoms with Crippen molar-refractivity contribution in [1.82, 2.24) is 10.2 Å². The van der Waals surface area contributed by atoms with Gasteiger partial charge in [-0.2, -0.15) is 0 Å². The van der Waals surface area contributed by atoms with Gasteiger partial charge < -0.3 is 15.0 Å². The SMILES string of the molecule is CC1(C)[C@@H]2C[C@@H]3[C@@H](c4ccccc4)OCC[C@]3(C2)[C@H]1NC(=O)CN1CCCCCC1=O. The summed E-state index contributed by atoms with van der Waals surface area (Å²) in [5, 5.41) is 3.46. The first-order chi connectivity index (χ1) is 14.9. The minimum atomic E-state index is 0.0109. The fourth-order valence-electron chi connectivity index (χ4n) is 7.35. The van der Waals surface area contributed by atoms with Crippen LogP contribution in [0.5, 0.6) is 0 Å². The van der Waals surface area contributed by atoms with E-state index in [1.54, 1.807) is 4.90 Å². The minimum Gasteiger partial charge on any atom is -0.373 e. The van der Waals surface area contributed by atoms with Gasteiger partial charge in [-0.05, 0) is 60.3 Å². The summed E-state index contributed by atoms with van der Waals surface area (Å²) in [5.41, 5.74) is 1.41. The second-order valence-corrected chi connectivity index (χ2v) is 10.9. The molecule has 5 atom stereocenters. The Labute approximate surface area is 185 Å². The van der Waals surface area contributed by atoms with Crippen LogP contribution in [0.2, 0.25) is 0 Å². The fraction of sp³-hybridized carbons (Fsp3) is 0.692. The summed E-state index contributed by atoms with van der Waals surface area (Å²) in [6.45, 7) is 6.32. The van der Waals surface area contributed by atoms with E-state index in [4.69, 9.17) is 4.74 Å². The Balaban J connectivity index is 1.36. The maximum Gasteiger partial charge on any atom is 0.239 e. The average Bonchev–Trinajstić information content (AvgIpc) is 3.16. The lowest BCUT2D eigenvalue weighted by Gasteiger charge is -2.53. The number of hydrogen-bond donors (Lipinski definition) is 1. The topological polar surface area (TPSA) is 58.6 Å². The zero-order chi connectivity index (χ0) is 21.6. The highest BCUT2D eigenvalue weighted by Crippen LogP contribution is 2.70. The number of nitrogens with one attached hydrogen (secondary N) is 1. The van der Waals surface area contributed by atoms with Gasteiger partial charge in [0.1, 0.15) is 0 Å². The number of ether oxygens (including phenoxy) is 1. The van der Waals surface area contributed by atoms with Gasteiger partial charge in [0.25, 0.3) is 0 Å². The summed E-state index contributed by atoms with van der Waals surface area (Å²) < 4.78 is 6.33. The summed E-state index contributed by atoms with van der Waals surface area (Å²) in [7, 11) is 0. The summed E-state index contributed by atoms with van der Waals surface area (Å²) in [4.78, 5) is 27.3. The Morgan fingerprint density at radius 2 is 2.00 bits per heavy atom. The average molecular weight is 425 g/mol. The van der Waals surface area contributed by atoms with E-state index in [1.807, 2.05) is 0 Å². The van der Waals surface area contributed by atoms with Crippen LogP contribution < -0.4 is 5.32 Å². The van der Waals surface area contributed by atoms with Crippen LogP contribution in [0.1, 0.15) is 70.5 Å². The molecule has 1 aromatic carbocycles. The van der Waals surface area contributed by atoms with E-state index in [-0.39, 0.29) is 41.3 Å². The number of carbonyl (C=O) groups excluding carboxylic acids is 2. The fourth-order valence-corrected chi connectivity index (χ4v) is 7.35. The molecular formula is C26H36N2O3. The van der Waals surface area contributed by atoms with Crippen LogP contribution in [0.25, 0.3) is 0 Å². The highest BCUT2D eigenvalue weighted by Gasteiger charge is 2.68. The summed E-state index contributed by atoms with van der Waals surface area (Å²) in [6.07, 6.45) is 7.06. The third kappa shape index (κ3) is 3.49. The number of rotatable bonds is 4.